The summed E-state index contributed by atoms with van der Waals surface area (Å²) >= 11 is 0. The van der Waals surface area contributed by atoms with Gasteiger partial charge in [0.05, 0.1) is 0 Å². The van der Waals surface area contributed by atoms with Gasteiger partial charge in [-0.25, -0.2) is 4.79 Å². The normalized spacial score (nSPS) is 12.1. The second kappa shape index (κ2) is 6.08. The van der Waals surface area contributed by atoms with E-state index < -0.39 is 11.7 Å². The Morgan fingerprint density at radius 2 is 1.74 bits per heavy atom. The number of benzene rings is 2. The lowest BCUT2D eigenvalue weighted by molar-refractivity contribution is 0.0818. The molecule has 4 nitrogen and oxygen atoms in total. The van der Waals surface area contributed by atoms with E-state index in [0.29, 0.717) is 16.9 Å². The van der Waals surface area contributed by atoms with E-state index in [1.165, 1.54) is 6.07 Å². The van der Waals surface area contributed by atoms with Crippen LogP contribution in [0.15, 0.2) is 63.8 Å². The number of Topliss-reactive ketones (excluding diaryl/α,β-unsaturated/α-hetero) is 1. The molecule has 2 aromatic carbocycles. The highest BCUT2D eigenvalue weighted by molar-refractivity contribution is 5.99. The topological polar surface area (TPSA) is 56.5 Å². The molecule has 1 aromatic heterocycles. The van der Waals surface area contributed by atoms with E-state index in [1.54, 1.807) is 43.3 Å². The van der Waals surface area contributed by atoms with Crippen LogP contribution >= 0.6 is 0 Å². The lowest BCUT2D eigenvalue weighted by Crippen LogP contribution is -2.23. The third-order valence-corrected chi connectivity index (χ3v) is 3.61. The maximum atomic E-state index is 12.4. The Morgan fingerprint density at radius 3 is 2.48 bits per heavy atom. The standard InChI is InChI=1S/C19H16O4/c1-12-3-5-15(6-4-12)19(21)13(2)22-16-9-7-14-8-10-18(20)23-17(14)11-16/h3-11,13H,1-2H3/t13-/m0/s1. The molecular weight excluding hydrogens is 292 g/mol. The first-order valence-electron chi connectivity index (χ1n) is 7.34. The molecule has 0 saturated carbocycles. The smallest absolute Gasteiger partial charge is 0.336 e. The molecule has 116 valence electrons. The number of hydrogen-bond donors (Lipinski definition) is 0. The molecule has 3 aromatic rings. The number of carbonyl (C=O) groups is 1. The largest absolute Gasteiger partial charge is 0.482 e. The van der Waals surface area contributed by atoms with Crippen LogP contribution < -0.4 is 10.4 Å². The third-order valence-electron chi connectivity index (χ3n) is 3.61. The number of ketones is 1. The monoisotopic (exact) mass is 308 g/mol. The summed E-state index contributed by atoms with van der Waals surface area (Å²) in [4.78, 5) is 23.7. The number of hydrogen-bond acceptors (Lipinski definition) is 4. The van der Waals surface area contributed by atoms with Crippen molar-refractivity contribution < 1.29 is 13.9 Å². The molecule has 0 aliphatic carbocycles. The van der Waals surface area contributed by atoms with Crippen molar-refractivity contribution in [2.75, 3.05) is 0 Å². The molecular formula is C19H16O4. The average Bonchev–Trinajstić information content (AvgIpc) is 2.54. The molecule has 0 unspecified atom stereocenters. The summed E-state index contributed by atoms with van der Waals surface area (Å²) in [5.41, 5.74) is 1.72. The van der Waals surface area contributed by atoms with Gasteiger partial charge in [0.2, 0.25) is 5.78 Å². The van der Waals surface area contributed by atoms with Crippen LogP contribution in [0.2, 0.25) is 0 Å². The van der Waals surface area contributed by atoms with Crippen LogP contribution in [0.1, 0.15) is 22.8 Å². The summed E-state index contributed by atoms with van der Waals surface area (Å²) in [5, 5.41) is 0.800. The van der Waals surface area contributed by atoms with E-state index in [0.717, 1.165) is 10.9 Å². The van der Waals surface area contributed by atoms with E-state index in [4.69, 9.17) is 9.15 Å². The first kappa shape index (κ1) is 15.0. The van der Waals surface area contributed by atoms with E-state index in [-0.39, 0.29) is 5.78 Å². The minimum Gasteiger partial charge on any atom is -0.482 e. The molecule has 1 atom stereocenters. The van der Waals surface area contributed by atoms with Crippen LogP contribution in [0, 0.1) is 6.92 Å². The molecule has 23 heavy (non-hydrogen) atoms. The van der Waals surface area contributed by atoms with Gasteiger partial charge in [0.1, 0.15) is 11.3 Å². The summed E-state index contributed by atoms with van der Waals surface area (Å²) in [7, 11) is 0. The Morgan fingerprint density at radius 1 is 1.04 bits per heavy atom. The number of ether oxygens (including phenoxy) is 1. The Balaban J connectivity index is 1.81. The van der Waals surface area contributed by atoms with Gasteiger partial charge in [-0.3, -0.25) is 4.79 Å². The van der Waals surface area contributed by atoms with Gasteiger partial charge in [0, 0.05) is 23.1 Å². The van der Waals surface area contributed by atoms with Crippen LogP contribution in [0.5, 0.6) is 5.75 Å². The molecule has 0 radical (unpaired) electrons. The number of rotatable bonds is 4. The summed E-state index contributed by atoms with van der Waals surface area (Å²) < 4.78 is 10.8. The second-order valence-corrected chi connectivity index (χ2v) is 5.44. The van der Waals surface area contributed by atoms with Crippen LogP contribution in [0.25, 0.3) is 11.0 Å². The average molecular weight is 308 g/mol. The molecule has 1 heterocycles. The van der Waals surface area contributed by atoms with Crippen molar-refractivity contribution in [2.24, 2.45) is 0 Å². The van der Waals surface area contributed by atoms with Crippen LogP contribution in [0.3, 0.4) is 0 Å². The van der Waals surface area contributed by atoms with Crippen molar-refractivity contribution in [1.29, 1.82) is 0 Å². The fraction of sp³-hybridized carbons (Fsp3) is 0.158. The first-order valence-corrected chi connectivity index (χ1v) is 7.34. The molecule has 0 saturated heterocycles. The molecule has 4 heteroatoms. The molecule has 3 rings (SSSR count). The third kappa shape index (κ3) is 3.31. The molecule has 0 fully saturated rings. The van der Waals surface area contributed by atoms with Gasteiger partial charge in [-0.2, -0.15) is 0 Å². The van der Waals surface area contributed by atoms with Crippen molar-refractivity contribution in [1.82, 2.24) is 0 Å². The van der Waals surface area contributed by atoms with Crippen LogP contribution in [-0.4, -0.2) is 11.9 Å². The first-order chi connectivity index (χ1) is 11.0. The summed E-state index contributed by atoms with van der Waals surface area (Å²) in [6, 6.07) is 15.6. The van der Waals surface area contributed by atoms with Crippen molar-refractivity contribution in [3.8, 4) is 5.75 Å². The van der Waals surface area contributed by atoms with Gasteiger partial charge >= 0.3 is 5.63 Å². The fourth-order valence-electron chi connectivity index (χ4n) is 2.32. The minimum absolute atomic E-state index is 0.0976. The SMILES string of the molecule is Cc1ccc(C(=O)[C@H](C)Oc2ccc3ccc(=O)oc3c2)cc1. The minimum atomic E-state index is -0.634. The predicted molar refractivity (Wildman–Crippen MR) is 88.1 cm³/mol. The lowest BCUT2D eigenvalue weighted by Gasteiger charge is -2.14. The molecule has 0 aliphatic heterocycles. The quantitative estimate of drug-likeness (QED) is 0.544. The van der Waals surface area contributed by atoms with Crippen molar-refractivity contribution >= 4 is 16.8 Å². The van der Waals surface area contributed by atoms with Crippen LogP contribution in [-0.2, 0) is 0 Å². The van der Waals surface area contributed by atoms with Crippen molar-refractivity contribution in [3.63, 3.8) is 0 Å². The Bertz CT molecular complexity index is 907. The highest BCUT2D eigenvalue weighted by atomic mass is 16.5. The molecule has 0 N–H and O–H groups in total. The molecule has 0 aliphatic rings. The van der Waals surface area contributed by atoms with E-state index >= 15 is 0 Å². The maximum absolute atomic E-state index is 12.4. The number of carbonyl (C=O) groups excluding carboxylic acids is 1. The Labute approximate surface area is 133 Å². The van der Waals surface area contributed by atoms with Gasteiger partial charge in [-0.05, 0) is 32.0 Å². The fourth-order valence-corrected chi connectivity index (χ4v) is 2.32. The summed E-state index contributed by atoms with van der Waals surface area (Å²) in [6.07, 6.45) is -0.634. The number of aryl methyl sites for hydroxylation is 1. The zero-order valence-corrected chi connectivity index (χ0v) is 12.9. The van der Waals surface area contributed by atoms with Gasteiger partial charge in [-0.1, -0.05) is 29.8 Å². The second-order valence-electron chi connectivity index (χ2n) is 5.44. The highest BCUT2D eigenvalue weighted by Crippen LogP contribution is 2.21. The number of fused-ring (bicyclic) bond motifs is 1. The van der Waals surface area contributed by atoms with Gasteiger partial charge in [0.15, 0.2) is 6.10 Å². The lowest BCUT2D eigenvalue weighted by atomic mass is 10.1. The molecule has 0 bridgehead atoms. The van der Waals surface area contributed by atoms with Crippen LogP contribution in [0.4, 0.5) is 0 Å². The van der Waals surface area contributed by atoms with Gasteiger partial charge < -0.3 is 9.15 Å². The Hall–Kier alpha value is -2.88. The summed E-state index contributed by atoms with van der Waals surface area (Å²) in [6.45, 7) is 3.67. The van der Waals surface area contributed by atoms with Gasteiger partial charge in [-0.15, -0.1) is 0 Å². The molecule has 0 amide bonds. The van der Waals surface area contributed by atoms with Crippen molar-refractivity contribution in [2.45, 2.75) is 20.0 Å². The Kier molecular flexibility index (Phi) is 3.98. The predicted octanol–water partition coefficient (Wildman–Crippen LogP) is 3.75. The zero-order valence-electron chi connectivity index (χ0n) is 12.9. The van der Waals surface area contributed by atoms with Gasteiger partial charge in [0.25, 0.3) is 0 Å². The van der Waals surface area contributed by atoms with E-state index in [9.17, 15) is 9.59 Å². The zero-order chi connectivity index (χ0) is 16.4. The van der Waals surface area contributed by atoms with E-state index in [2.05, 4.69) is 0 Å². The van der Waals surface area contributed by atoms with E-state index in [1.807, 2.05) is 19.1 Å². The van der Waals surface area contributed by atoms with Crippen molar-refractivity contribution in [3.05, 3.63) is 76.1 Å². The highest BCUT2D eigenvalue weighted by Gasteiger charge is 2.17. The molecule has 0 spiro atoms. The maximum Gasteiger partial charge on any atom is 0.336 e. The summed E-state index contributed by atoms with van der Waals surface area (Å²) in [5.74, 6) is 0.388.